The molecule has 0 spiro atoms. The third-order valence-corrected chi connectivity index (χ3v) is 20.3. The average molecular weight is 1680 g/mol. The van der Waals surface area contributed by atoms with Crippen molar-refractivity contribution in [3.63, 3.8) is 0 Å². The van der Waals surface area contributed by atoms with Gasteiger partial charge in [0.25, 0.3) is 0 Å². The van der Waals surface area contributed by atoms with E-state index < -0.39 is 247 Å². The summed E-state index contributed by atoms with van der Waals surface area (Å²) in [7, 11) is 0. The number of unbranched alkanes of at least 4 members (excludes halogenated alkanes) is 1. The van der Waals surface area contributed by atoms with Gasteiger partial charge in [-0.05, 0) is 125 Å². The second-order valence-electron chi connectivity index (χ2n) is 30.4. The van der Waals surface area contributed by atoms with Crippen molar-refractivity contribution in [2.75, 3.05) is 56.3 Å². The Morgan fingerprint density at radius 3 is 1.39 bits per heavy atom. The van der Waals surface area contributed by atoms with Crippen molar-refractivity contribution in [2.24, 2.45) is 52.7 Å². The Hall–Kier alpha value is -8.12. The molecule has 0 aromatic rings. The molecule has 38 nitrogen and oxygen atoms in total. The van der Waals surface area contributed by atoms with Crippen molar-refractivity contribution in [2.45, 2.75) is 264 Å². The Balaban J connectivity index is 3.24. The lowest BCUT2D eigenvalue weighted by Gasteiger charge is -2.32. The lowest BCUT2D eigenvalue weighted by atomic mass is 9.96. The number of primary amides is 1. The summed E-state index contributed by atoms with van der Waals surface area (Å²) in [5.74, 6) is -17.3. The molecule has 1 heterocycles. The van der Waals surface area contributed by atoms with Crippen LogP contribution in [-0.2, 0) is 81.5 Å². The molecule has 17 atom stereocenters. The van der Waals surface area contributed by atoms with E-state index in [2.05, 4.69) is 99.7 Å². The van der Waals surface area contributed by atoms with Crippen molar-refractivity contribution in [3.05, 3.63) is 0 Å². The van der Waals surface area contributed by atoms with Crippen molar-refractivity contribution in [1.82, 2.24) is 79.3 Å². The molecule has 1 aliphatic heterocycles. The van der Waals surface area contributed by atoms with E-state index >= 15 is 0 Å². The van der Waals surface area contributed by atoms with Gasteiger partial charge in [-0.3, -0.25) is 76.7 Å². The van der Waals surface area contributed by atoms with E-state index in [0.29, 0.717) is 44.3 Å². The number of nitrogens with two attached hydrogens (primary N) is 3. The number of nitrogens with zero attached hydrogens (tertiary/aromatic N) is 1. The first-order valence-electron chi connectivity index (χ1n) is 38.9. The van der Waals surface area contributed by atoms with Gasteiger partial charge in [0.05, 0.1) is 31.8 Å². The van der Waals surface area contributed by atoms with Crippen LogP contribution in [0.1, 0.15) is 173 Å². The summed E-state index contributed by atoms with van der Waals surface area (Å²) in [5, 5.41) is 65.9. The van der Waals surface area contributed by atoms with Gasteiger partial charge < -0.3 is 112 Å². The highest BCUT2D eigenvalue weighted by atomic mass is 32.2. The monoisotopic (exact) mass is 1670 g/mol. The molecule has 0 aromatic heterocycles. The standard InChI is InChI=1S/C73H130N18O20S3/c1-15-40(11)57(87-54(95)31-78-62(99)47(29-37(5)6)83-71(108)59(42(13)93)88-55(96)32-77-61(98)45(24-27-114-14)80-64(101)48(30-38(7)8)82-60(97)43(75)28-36(3)4)70(107)89-56(39(9)10)68(105)86-51(35-113)72(109)91-26-19-21-52(91)67(104)90-58(41(12)16-2)69(106)85-50(34-112)66(103)84-49(33-92)65(102)79-44(22-23-53(76)94)63(100)81-46(73(110)111)20-17-18-25-74/h36-52,56-59,92-93,112-113H,15-35,74-75H2,1-14H3,(H2,76,94)(H,77,98)(H,78,99)(H,79,102)(H,80,101)(H,81,100)(H,82,97)(H,83,108)(H,84,103)(H,85,106)(H,86,105)(H,87,95)(H,88,96)(H,89,107)(H,90,104)(H,110,111)/t40-,41-,42+,43-,44-,45-,46-,47-,48-,49-,50-,51-,52-,56-,57-,58-,59-/m0/s1. The zero-order chi connectivity index (χ0) is 87.0. The molecule has 41 heteroatoms. The predicted molar refractivity (Wildman–Crippen MR) is 432 cm³/mol. The molecule has 1 rings (SSSR count). The Morgan fingerprint density at radius 1 is 0.482 bits per heavy atom. The topological polar surface area (TPSA) is 601 Å². The van der Waals surface area contributed by atoms with E-state index in [9.17, 15) is 96.8 Å². The van der Waals surface area contributed by atoms with Gasteiger partial charge in [-0.15, -0.1) is 0 Å². The molecule has 1 fully saturated rings. The third-order valence-electron chi connectivity index (χ3n) is 18.9. The molecule has 1 saturated heterocycles. The second-order valence-corrected chi connectivity index (χ2v) is 32.1. The van der Waals surface area contributed by atoms with Crippen molar-refractivity contribution in [3.8, 4) is 0 Å². The van der Waals surface area contributed by atoms with Crippen molar-refractivity contribution < 1.29 is 96.8 Å². The van der Waals surface area contributed by atoms with Crippen molar-refractivity contribution >= 4 is 138 Å². The fourth-order valence-electron chi connectivity index (χ4n) is 11.9. The van der Waals surface area contributed by atoms with Crippen LogP contribution in [0.2, 0.25) is 0 Å². The van der Waals surface area contributed by atoms with Crippen LogP contribution in [0.3, 0.4) is 0 Å². The van der Waals surface area contributed by atoms with Gasteiger partial charge in [-0.2, -0.15) is 37.0 Å². The van der Waals surface area contributed by atoms with Crippen molar-refractivity contribution in [1.29, 1.82) is 0 Å². The fourth-order valence-corrected chi connectivity index (χ4v) is 12.9. The first-order valence-corrected chi connectivity index (χ1v) is 41.6. The Morgan fingerprint density at radius 2 is 0.904 bits per heavy atom. The second kappa shape index (κ2) is 53.9. The molecule has 0 unspecified atom stereocenters. The summed E-state index contributed by atoms with van der Waals surface area (Å²) in [5.41, 5.74) is 16.9. The van der Waals surface area contributed by atoms with E-state index in [-0.39, 0.29) is 68.7 Å². The SMILES string of the molecule is CC[C@H](C)[C@H](NC(=O)CNC(=O)[C@H](CC(C)C)NC(=O)[C@@H](NC(=O)CNC(=O)[C@H](CCSC)NC(=O)[C@H](CC(C)C)NC(=O)[C@@H](N)CC(C)C)[C@@H](C)O)C(=O)N[C@H](C(=O)N[C@@H](CS)C(=O)N1CCC[C@H]1C(=O)N[C@H](C(=O)N[C@@H](CS)C(=O)N[C@@H](CO)C(=O)N[C@@H](CCC(N)=O)C(=O)N[C@@H](CCCCN)C(=O)O)[C@@H](C)CC)C(C)C. The number of thioether (sulfide) groups is 1. The molecule has 1 aliphatic rings. The lowest BCUT2D eigenvalue weighted by molar-refractivity contribution is -0.142. The summed E-state index contributed by atoms with van der Waals surface area (Å²) < 4.78 is 0. The van der Waals surface area contributed by atoms with Crippen LogP contribution in [0.4, 0.5) is 0 Å². The van der Waals surface area contributed by atoms with Gasteiger partial charge in [0.15, 0.2) is 0 Å². The maximum atomic E-state index is 14.4. The molecule has 650 valence electrons. The molecule has 23 N–H and O–H groups in total. The van der Waals surface area contributed by atoms with Crippen LogP contribution >= 0.6 is 37.0 Å². The first kappa shape index (κ1) is 104. The molecule has 0 saturated carbocycles. The highest BCUT2D eigenvalue weighted by Gasteiger charge is 2.43. The number of thiol groups is 2. The highest BCUT2D eigenvalue weighted by molar-refractivity contribution is 7.98. The number of hydrogen-bond acceptors (Lipinski definition) is 24. The minimum absolute atomic E-state index is 0.00187. The number of nitrogens with one attached hydrogen (secondary N) is 14. The van der Waals surface area contributed by atoms with Crippen LogP contribution in [-0.4, -0.2) is 268 Å². The Bertz CT molecular complexity index is 3210. The van der Waals surface area contributed by atoms with Crippen LogP contribution in [0, 0.1) is 35.5 Å². The Kier molecular flexibility index (Phi) is 49.1. The number of amides is 16. The van der Waals surface area contributed by atoms with E-state index in [4.69, 9.17) is 17.2 Å². The minimum Gasteiger partial charge on any atom is -0.480 e. The third kappa shape index (κ3) is 37.2. The smallest absolute Gasteiger partial charge is 0.326 e. The fraction of sp³-hybridized carbons (Fsp3) is 0.767. The molecular formula is C73H130N18O20S3. The Labute approximate surface area is 683 Å². The van der Waals surface area contributed by atoms with Crippen LogP contribution in [0.5, 0.6) is 0 Å². The summed E-state index contributed by atoms with van der Waals surface area (Å²) >= 11 is 9.98. The zero-order valence-electron chi connectivity index (χ0n) is 68.2. The lowest BCUT2D eigenvalue weighted by Crippen LogP contribution is -2.62. The van der Waals surface area contributed by atoms with Crippen LogP contribution < -0.4 is 91.6 Å². The average Bonchev–Trinajstić information content (AvgIpc) is 1.49. The number of carbonyl (C=O) groups excluding carboxylic acids is 16. The number of likely N-dealkylation sites (tertiary alicyclic amines) is 1. The van der Waals surface area contributed by atoms with E-state index in [1.54, 1.807) is 61.6 Å². The van der Waals surface area contributed by atoms with Gasteiger partial charge >= 0.3 is 5.97 Å². The molecule has 0 aliphatic carbocycles. The van der Waals surface area contributed by atoms with Gasteiger partial charge in [0, 0.05) is 24.5 Å². The highest BCUT2D eigenvalue weighted by Crippen LogP contribution is 2.22. The summed E-state index contributed by atoms with van der Waals surface area (Å²) in [4.78, 5) is 232. The number of aliphatic carboxylic acids is 1. The quantitative estimate of drug-likeness (QED) is 0.0202. The summed E-state index contributed by atoms with van der Waals surface area (Å²) in [6.45, 7) is 20.0. The molecule has 0 radical (unpaired) electrons. The number of carbonyl (C=O) groups is 17. The van der Waals surface area contributed by atoms with Gasteiger partial charge in [-0.25, -0.2) is 4.79 Å². The number of aliphatic hydroxyl groups excluding tert-OH is 2. The number of rotatable bonds is 55. The van der Waals surface area contributed by atoms with Gasteiger partial charge in [-0.1, -0.05) is 95.9 Å². The normalized spacial score (nSPS) is 16.9. The molecule has 16 amide bonds. The zero-order valence-corrected chi connectivity index (χ0v) is 70.8. The summed E-state index contributed by atoms with van der Waals surface area (Å²) in [6.07, 6.45) is 1.99. The van der Waals surface area contributed by atoms with E-state index in [1.807, 2.05) is 27.7 Å². The van der Waals surface area contributed by atoms with Gasteiger partial charge in [0.2, 0.25) is 94.5 Å². The minimum atomic E-state index is -1.77. The maximum Gasteiger partial charge on any atom is 0.326 e. The van der Waals surface area contributed by atoms with Gasteiger partial charge in [0.1, 0.15) is 78.5 Å². The maximum absolute atomic E-state index is 14.4. The molecule has 0 bridgehead atoms. The number of hydrogen-bond donors (Lipinski definition) is 22. The largest absolute Gasteiger partial charge is 0.480 e. The number of carboxylic acid groups (broad SMARTS) is 1. The molecule has 0 aromatic carbocycles. The number of carboxylic acids is 1. The predicted octanol–water partition coefficient (Wildman–Crippen LogP) is -4.29. The van der Waals surface area contributed by atoms with Crippen LogP contribution in [0.15, 0.2) is 0 Å². The first-order chi connectivity index (χ1) is 53.5. The van der Waals surface area contributed by atoms with E-state index in [1.165, 1.54) is 23.6 Å². The summed E-state index contributed by atoms with van der Waals surface area (Å²) in [6, 6.07) is -18.9. The van der Waals surface area contributed by atoms with E-state index in [0.717, 1.165) is 0 Å². The number of aliphatic hydroxyl groups is 2. The molecular weight excluding hydrogens is 1550 g/mol. The molecule has 114 heavy (non-hydrogen) atoms. The van der Waals surface area contributed by atoms with Crippen LogP contribution in [0.25, 0.3) is 0 Å².